The van der Waals surface area contributed by atoms with Crippen LogP contribution in [-0.4, -0.2) is 31.8 Å². The summed E-state index contributed by atoms with van der Waals surface area (Å²) in [7, 11) is 0. The molecule has 0 aliphatic carbocycles. The average molecular weight is 170 g/mol. The Kier molecular flexibility index (Phi) is 2.17. The molecule has 1 amide bonds. The van der Waals surface area contributed by atoms with Crippen LogP contribution in [0.5, 0.6) is 0 Å². The molecule has 2 rings (SSSR count). The van der Waals surface area contributed by atoms with Gasteiger partial charge in [0.15, 0.2) is 0 Å². The van der Waals surface area contributed by atoms with Gasteiger partial charge >= 0.3 is 6.09 Å². The summed E-state index contributed by atoms with van der Waals surface area (Å²) in [5, 5.41) is 5.97. The summed E-state index contributed by atoms with van der Waals surface area (Å²) in [6.07, 6.45) is 2.12. The fourth-order valence-electron chi connectivity index (χ4n) is 1.88. The summed E-state index contributed by atoms with van der Waals surface area (Å²) in [5.74, 6) is 0.560. The highest BCUT2D eigenvalue weighted by molar-refractivity contribution is 5.69. The molecule has 2 fully saturated rings. The maximum Gasteiger partial charge on any atom is 0.407 e. The van der Waals surface area contributed by atoms with Gasteiger partial charge < -0.3 is 15.4 Å². The molecule has 0 radical (unpaired) electrons. The van der Waals surface area contributed by atoms with Crippen LogP contribution in [0.4, 0.5) is 4.79 Å². The number of cyclic esters (lactones) is 1. The third-order valence-electron chi connectivity index (χ3n) is 2.62. The molecule has 2 aliphatic heterocycles. The van der Waals surface area contributed by atoms with Gasteiger partial charge in [0.25, 0.3) is 0 Å². The van der Waals surface area contributed by atoms with Gasteiger partial charge in [-0.2, -0.15) is 0 Å². The van der Waals surface area contributed by atoms with Crippen LogP contribution >= 0.6 is 0 Å². The topological polar surface area (TPSA) is 50.4 Å². The second-order valence-electron chi connectivity index (χ2n) is 3.41. The molecule has 2 N–H and O–H groups in total. The highest BCUT2D eigenvalue weighted by Gasteiger charge is 2.31. The van der Waals surface area contributed by atoms with Crippen molar-refractivity contribution in [2.45, 2.75) is 18.9 Å². The van der Waals surface area contributed by atoms with Crippen molar-refractivity contribution in [3.8, 4) is 0 Å². The molecule has 12 heavy (non-hydrogen) atoms. The largest absolute Gasteiger partial charge is 0.444 e. The molecule has 1 unspecified atom stereocenters. The second kappa shape index (κ2) is 3.31. The van der Waals surface area contributed by atoms with Crippen LogP contribution < -0.4 is 10.6 Å². The van der Waals surface area contributed by atoms with Gasteiger partial charge in [0.1, 0.15) is 6.10 Å². The van der Waals surface area contributed by atoms with Crippen LogP contribution in [0.1, 0.15) is 12.8 Å². The first-order valence-electron chi connectivity index (χ1n) is 4.51. The van der Waals surface area contributed by atoms with E-state index in [9.17, 15) is 4.79 Å². The van der Waals surface area contributed by atoms with Crippen molar-refractivity contribution in [3.63, 3.8) is 0 Å². The first kappa shape index (κ1) is 7.86. The molecule has 2 aliphatic rings. The molecule has 0 bridgehead atoms. The van der Waals surface area contributed by atoms with E-state index in [1.165, 1.54) is 0 Å². The lowest BCUT2D eigenvalue weighted by Gasteiger charge is -2.25. The molecule has 2 heterocycles. The Morgan fingerprint density at radius 2 is 2.08 bits per heavy atom. The number of nitrogens with one attached hydrogen (secondary N) is 2. The summed E-state index contributed by atoms with van der Waals surface area (Å²) in [6.45, 7) is 2.81. The third kappa shape index (κ3) is 1.53. The van der Waals surface area contributed by atoms with Crippen molar-refractivity contribution < 1.29 is 9.53 Å². The molecule has 4 nitrogen and oxygen atoms in total. The Morgan fingerprint density at radius 1 is 1.33 bits per heavy atom. The maximum atomic E-state index is 10.7. The molecule has 0 aromatic carbocycles. The van der Waals surface area contributed by atoms with Crippen molar-refractivity contribution in [3.05, 3.63) is 0 Å². The first-order valence-corrected chi connectivity index (χ1v) is 4.51. The SMILES string of the molecule is O=C1NCC(C2CCNCC2)O1. The van der Waals surface area contributed by atoms with E-state index in [-0.39, 0.29) is 12.2 Å². The van der Waals surface area contributed by atoms with Crippen molar-refractivity contribution in [1.82, 2.24) is 10.6 Å². The normalized spacial score (nSPS) is 31.3. The summed E-state index contributed by atoms with van der Waals surface area (Å²) in [4.78, 5) is 10.7. The predicted molar refractivity (Wildman–Crippen MR) is 43.9 cm³/mol. The van der Waals surface area contributed by atoms with Gasteiger partial charge in [0.05, 0.1) is 6.54 Å². The predicted octanol–water partition coefficient (Wildman–Crippen LogP) is 0.0944. The van der Waals surface area contributed by atoms with Crippen LogP contribution in [-0.2, 0) is 4.74 Å². The monoisotopic (exact) mass is 170 g/mol. The quantitative estimate of drug-likeness (QED) is 0.586. The van der Waals surface area contributed by atoms with Gasteiger partial charge in [-0.1, -0.05) is 0 Å². The number of hydrogen-bond acceptors (Lipinski definition) is 3. The molecule has 0 aromatic heterocycles. The van der Waals surface area contributed by atoms with Gasteiger partial charge in [-0.15, -0.1) is 0 Å². The van der Waals surface area contributed by atoms with E-state index in [0.717, 1.165) is 25.9 Å². The number of carbonyl (C=O) groups excluding carboxylic acids is 1. The minimum Gasteiger partial charge on any atom is -0.444 e. The van der Waals surface area contributed by atoms with E-state index in [1.807, 2.05) is 0 Å². The molecule has 1 atom stereocenters. The van der Waals surface area contributed by atoms with Crippen molar-refractivity contribution in [2.75, 3.05) is 19.6 Å². The summed E-state index contributed by atoms with van der Waals surface area (Å²) < 4.78 is 5.12. The zero-order valence-electron chi connectivity index (χ0n) is 7.01. The Hall–Kier alpha value is -0.770. The van der Waals surface area contributed by atoms with E-state index >= 15 is 0 Å². The molecule has 2 saturated heterocycles. The molecular formula is C8H14N2O2. The Labute approximate surface area is 71.7 Å². The van der Waals surface area contributed by atoms with Crippen molar-refractivity contribution in [1.29, 1.82) is 0 Å². The zero-order valence-corrected chi connectivity index (χ0v) is 7.01. The fraction of sp³-hybridized carbons (Fsp3) is 0.875. The van der Waals surface area contributed by atoms with E-state index in [0.29, 0.717) is 12.5 Å². The smallest absolute Gasteiger partial charge is 0.407 e. The minimum absolute atomic E-state index is 0.125. The van der Waals surface area contributed by atoms with Gasteiger partial charge in [-0.05, 0) is 25.9 Å². The lowest BCUT2D eigenvalue weighted by Crippen LogP contribution is -2.35. The van der Waals surface area contributed by atoms with Crippen molar-refractivity contribution >= 4 is 6.09 Å². The second-order valence-corrected chi connectivity index (χ2v) is 3.41. The summed E-state index contributed by atoms with van der Waals surface area (Å²) in [6, 6.07) is 0. The number of alkyl carbamates (subject to hydrolysis) is 1. The number of hydrogen-bond donors (Lipinski definition) is 2. The van der Waals surface area contributed by atoms with Gasteiger partial charge in [0, 0.05) is 5.92 Å². The van der Waals surface area contributed by atoms with Gasteiger partial charge in [0.2, 0.25) is 0 Å². The Bertz CT molecular complexity index is 178. The summed E-state index contributed by atoms with van der Waals surface area (Å²) >= 11 is 0. The fourth-order valence-corrected chi connectivity index (χ4v) is 1.88. The molecule has 0 aromatic rings. The van der Waals surface area contributed by atoms with Crippen LogP contribution in [0, 0.1) is 5.92 Å². The van der Waals surface area contributed by atoms with E-state index in [4.69, 9.17) is 4.74 Å². The van der Waals surface area contributed by atoms with Crippen molar-refractivity contribution in [2.24, 2.45) is 5.92 Å². The molecule has 0 saturated carbocycles. The minimum atomic E-state index is -0.251. The summed E-state index contributed by atoms with van der Waals surface area (Å²) in [5.41, 5.74) is 0. The first-order chi connectivity index (χ1) is 5.86. The van der Waals surface area contributed by atoms with E-state index < -0.39 is 0 Å². The lowest BCUT2D eigenvalue weighted by molar-refractivity contribution is 0.0917. The average Bonchev–Trinajstić information content (AvgIpc) is 2.54. The number of piperidine rings is 1. The molecule has 68 valence electrons. The van der Waals surface area contributed by atoms with Crippen LogP contribution in [0.2, 0.25) is 0 Å². The number of rotatable bonds is 1. The number of carbonyl (C=O) groups is 1. The Morgan fingerprint density at radius 3 is 2.67 bits per heavy atom. The number of amides is 1. The van der Waals surface area contributed by atoms with Crippen LogP contribution in [0.15, 0.2) is 0 Å². The molecule has 4 heteroatoms. The molecular weight excluding hydrogens is 156 g/mol. The van der Waals surface area contributed by atoms with Crippen LogP contribution in [0.3, 0.4) is 0 Å². The number of ether oxygens (including phenoxy) is 1. The Balaban J connectivity index is 1.86. The third-order valence-corrected chi connectivity index (χ3v) is 2.62. The van der Waals surface area contributed by atoms with Gasteiger partial charge in [-0.3, -0.25) is 0 Å². The molecule has 0 spiro atoms. The van der Waals surface area contributed by atoms with E-state index in [2.05, 4.69) is 10.6 Å². The highest BCUT2D eigenvalue weighted by Crippen LogP contribution is 2.20. The van der Waals surface area contributed by atoms with Crippen LogP contribution in [0.25, 0.3) is 0 Å². The zero-order chi connectivity index (χ0) is 8.39. The van der Waals surface area contributed by atoms with Gasteiger partial charge in [-0.25, -0.2) is 4.79 Å². The lowest BCUT2D eigenvalue weighted by atomic mass is 9.92. The highest BCUT2D eigenvalue weighted by atomic mass is 16.6. The standard InChI is InChI=1S/C8H14N2O2/c11-8-10-5-7(12-8)6-1-3-9-4-2-6/h6-7,9H,1-5H2,(H,10,11). The maximum absolute atomic E-state index is 10.7. The van der Waals surface area contributed by atoms with E-state index in [1.54, 1.807) is 0 Å².